The largest absolute Gasteiger partial charge is 0.442 e. The molecule has 2 atom stereocenters. The zero-order valence-corrected chi connectivity index (χ0v) is 20.3. The van der Waals surface area contributed by atoms with Crippen molar-refractivity contribution in [3.05, 3.63) is 46.8 Å². The average Bonchev–Trinajstić information content (AvgIpc) is 3.22. The van der Waals surface area contributed by atoms with Gasteiger partial charge < -0.3 is 9.15 Å². The summed E-state index contributed by atoms with van der Waals surface area (Å²) in [6, 6.07) is 6.41. The molecule has 4 rings (SSSR count). The molecule has 10 nitrogen and oxygen atoms in total. The van der Waals surface area contributed by atoms with Crippen LogP contribution in [0.1, 0.15) is 74.6 Å². The molecule has 1 unspecified atom stereocenters. The van der Waals surface area contributed by atoms with Crippen LogP contribution in [0.4, 0.5) is 4.79 Å². The zero-order chi connectivity index (χ0) is 24.5. The first kappa shape index (κ1) is 23.9. The highest BCUT2D eigenvalue weighted by Crippen LogP contribution is 2.34. The summed E-state index contributed by atoms with van der Waals surface area (Å²) in [5.41, 5.74) is 2.61. The minimum atomic E-state index is -0.736. The second-order valence-electron chi connectivity index (χ2n) is 9.40. The van der Waals surface area contributed by atoms with Gasteiger partial charge in [-0.25, -0.2) is 9.80 Å². The predicted octanol–water partition coefficient (Wildman–Crippen LogP) is 4.58. The Balaban J connectivity index is 1.57. The van der Waals surface area contributed by atoms with Gasteiger partial charge >= 0.3 is 6.09 Å². The Labute approximate surface area is 202 Å². The molecule has 34 heavy (non-hydrogen) atoms. The molecule has 2 heterocycles. The molecule has 1 aliphatic rings. The van der Waals surface area contributed by atoms with Gasteiger partial charge in [0.25, 0.3) is 5.91 Å². The molecule has 1 fully saturated rings. The molecule has 2 amide bonds. The summed E-state index contributed by atoms with van der Waals surface area (Å²) in [5, 5.41) is 18.7. The predicted molar refractivity (Wildman–Crippen MR) is 124 cm³/mol. The highest BCUT2D eigenvalue weighted by Gasteiger charge is 2.36. The third kappa shape index (κ3) is 5.61. The SMILES string of the molecule is Cc1nnc([C@H]2CCCC(N(NC(=O)c3cc4ccc(Cl)cc4nn3)C(=O)OC(C)(C)C)C2)o1. The zero-order valence-electron chi connectivity index (χ0n) is 19.5. The van der Waals surface area contributed by atoms with E-state index in [4.69, 9.17) is 20.8 Å². The first-order chi connectivity index (χ1) is 16.1. The first-order valence-electron chi connectivity index (χ1n) is 11.2. The van der Waals surface area contributed by atoms with Crippen molar-refractivity contribution in [2.24, 2.45) is 0 Å². The second kappa shape index (κ2) is 9.54. The van der Waals surface area contributed by atoms with Gasteiger partial charge in [-0.2, -0.15) is 0 Å². The quantitative estimate of drug-likeness (QED) is 0.533. The van der Waals surface area contributed by atoms with Crippen molar-refractivity contribution in [2.45, 2.75) is 70.9 Å². The summed E-state index contributed by atoms with van der Waals surface area (Å²) in [6.45, 7) is 7.06. The molecule has 0 radical (unpaired) electrons. The molecule has 0 saturated heterocycles. The van der Waals surface area contributed by atoms with Crippen LogP contribution in [0, 0.1) is 6.92 Å². The number of nitrogens with zero attached hydrogens (tertiary/aromatic N) is 5. The van der Waals surface area contributed by atoms with E-state index in [0.717, 1.165) is 12.8 Å². The standard InChI is InChI=1S/C23H27ClN6O4/c1-13-25-28-21(33-13)15-6-5-7-17(10-15)30(22(32)34-23(2,3)4)29-20(31)19-11-14-8-9-16(24)12-18(14)26-27-19/h8-9,11-12,15,17H,5-7,10H2,1-4H3,(H,29,31)/t15-,17?/m0/s1. The molecule has 0 bridgehead atoms. The van der Waals surface area contributed by atoms with Crippen molar-refractivity contribution in [3.8, 4) is 0 Å². The molecule has 0 aliphatic heterocycles. The van der Waals surface area contributed by atoms with Gasteiger partial charge in [0, 0.05) is 23.3 Å². The van der Waals surface area contributed by atoms with Crippen molar-refractivity contribution in [3.63, 3.8) is 0 Å². The van der Waals surface area contributed by atoms with Crippen LogP contribution in [-0.4, -0.2) is 49.0 Å². The lowest BCUT2D eigenvalue weighted by molar-refractivity contribution is -0.00406. The number of hydrogen-bond acceptors (Lipinski definition) is 8. The Kier molecular flexibility index (Phi) is 6.70. The van der Waals surface area contributed by atoms with E-state index in [1.807, 2.05) is 0 Å². The number of hydrazine groups is 1. The number of amides is 2. The van der Waals surface area contributed by atoms with Crippen molar-refractivity contribution in [2.75, 3.05) is 0 Å². The van der Waals surface area contributed by atoms with Gasteiger partial charge in [-0.05, 0) is 58.2 Å². The maximum absolute atomic E-state index is 13.1. The molecule has 11 heteroatoms. The summed E-state index contributed by atoms with van der Waals surface area (Å²) in [6.07, 6.45) is 2.26. The molecule has 180 valence electrons. The Morgan fingerprint density at radius 1 is 1.15 bits per heavy atom. The number of carbonyl (C=O) groups is 2. The Morgan fingerprint density at radius 2 is 1.94 bits per heavy atom. The van der Waals surface area contributed by atoms with Crippen LogP contribution in [0.2, 0.25) is 5.02 Å². The van der Waals surface area contributed by atoms with Crippen LogP contribution in [-0.2, 0) is 4.74 Å². The van der Waals surface area contributed by atoms with E-state index in [9.17, 15) is 9.59 Å². The summed E-state index contributed by atoms with van der Waals surface area (Å²) in [4.78, 5) is 26.2. The van der Waals surface area contributed by atoms with E-state index in [0.29, 0.717) is 40.5 Å². The lowest BCUT2D eigenvalue weighted by atomic mass is 9.85. The summed E-state index contributed by atoms with van der Waals surface area (Å²) >= 11 is 6.00. The minimum absolute atomic E-state index is 0.0213. The Hall–Kier alpha value is -3.27. The van der Waals surface area contributed by atoms with Gasteiger partial charge in [0.05, 0.1) is 11.6 Å². The average molecular weight is 487 g/mol. The lowest BCUT2D eigenvalue weighted by Gasteiger charge is -2.37. The third-order valence-electron chi connectivity index (χ3n) is 5.50. The van der Waals surface area contributed by atoms with Crippen molar-refractivity contribution < 1.29 is 18.7 Å². The van der Waals surface area contributed by atoms with Crippen molar-refractivity contribution in [1.82, 2.24) is 30.8 Å². The number of halogens is 1. The van der Waals surface area contributed by atoms with E-state index in [1.54, 1.807) is 52.0 Å². The fourth-order valence-electron chi connectivity index (χ4n) is 3.98. The highest BCUT2D eigenvalue weighted by atomic mass is 35.5. The topological polar surface area (TPSA) is 123 Å². The molecule has 0 spiro atoms. The summed E-state index contributed by atoms with van der Waals surface area (Å²) in [5.74, 6) is 0.445. The van der Waals surface area contributed by atoms with Crippen LogP contribution < -0.4 is 5.43 Å². The van der Waals surface area contributed by atoms with E-state index in [2.05, 4.69) is 25.8 Å². The fourth-order valence-corrected chi connectivity index (χ4v) is 4.15. The van der Waals surface area contributed by atoms with E-state index in [1.165, 1.54) is 5.01 Å². The first-order valence-corrected chi connectivity index (χ1v) is 11.5. The molecule has 3 aromatic rings. The Morgan fingerprint density at radius 3 is 2.65 bits per heavy atom. The highest BCUT2D eigenvalue weighted by molar-refractivity contribution is 6.31. The number of rotatable bonds is 3. The minimum Gasteiger partial charge on any atom is -0.442 e. The van der Waals surface area contributed by atoms with Crippen LogP contribution >= 0.6 is 11.6 Å². The summed E-state index contributed by atoms with van der Waals surface area (Å²) < 4.78 is 11.2. The number of ether oxygens (including phenoxy) is 1. The molecule has 2 aromatic heterocycles. The lowest BCUT2D eigenvalue weighted by Crippen LogP contribution is -2.54. The second-order valence-corrected chi connectivity index (χ2v) is 9.84. The monoisotopic (exact) mass is 486 g/mol. The number of benzene rings is 1. The van der Waals surface area contributed by atoms with Crippen LogP contribution in [0.15, 0.2) is 28.7 Å². The maximum Gasteiger partial charge on any atom is 0.429 e. The van der Waals surface area contributed by atoms with E-state index in [-0.39, 0.29) is 17.7 Å². The molecule has 1 aliphatic carbocycles. The van der Waals surface area contributed by atoms with Crippen molar-refractivity contribution in [1.29, 1.82) is 0 Å². The van der Waals surface area contributed by atoms with Gasteiger partial charge in [0.15, 0.2) is 5.69 Å². The maximum atomic E-state index is 13.1. The number of aromatic nitrogens is 4. The van der Waals surface area contributed by atoms with Crippen LogP contribution in [0.3, 0.4) is 0 Å². The molecule has 1 N–H and O–H groups in total. The molecular formula is C23H27ClN6O4. The van der Waals surface area contributed by atoms with Gasteiger partial charge in [0.1, 0.15) is 5.60 Å². The summed E-state index contributed by atoms with van der Waals surface area (Å²) in [7, 11) is 0. The third-order valence-corrected chi connectivity index (χ3v) is 5.73. The number of hydrogen-bond donors (Lipinski definition) is 1. The number of fused-ring (bicyclic) bond motifs is 1. The number of nitrogens with one attached hydrogen (secondary N) is 1. The van der Waals surface area contributed by atoms with Crippen molar-refractivity contribution >= 4 is 34.5 Å². The van der Waals surface area contributed by atoms with Crippen LogP contribution in [0.25, 0.3) is 10.9 Å². The fraction of sp³-hybridized carbons (Fsp3) is 0.478. The van der Waals surface area contributed by atoms with Gasteiger partial charge in [-0.15, -0.1) is 20.4 Å². The number of carbonyl (C=O) groups excluding carboxylic acids is 2. The van der Waals surface area contributed by atoms with Crippen LogP contribution in [0.5, 0.6) is 0 Å². The Bertz CT molecular complexity index is 1210. The molecule has 1 saturated carbocycles. The van der Waals surface area contributed by atoms with Gasteiger partial charge in [-0.3, -0.25) is 10.2 Å². The molecule has 1 aromatic carbocycles. The van der Waals surface area contributed by atoms with Gasteiger partial charge in [-0.1, -0.05) is 24.1 Å². The van der Waals surface area contributed by atoms with E-state index >= 15 is 0 Å². The number of aryl methyl sites for hydroxylation is 1. The normalized spacial score (nSPS) is 18.5. The van der Waals surface area contributed by atoms with E-state index < -0.39 is 17.6 Å². The smallest absolute Gasteiger partial charge is 0.429 e. The molecular weight excluding hydrogens is 460 g/mol. The van der Waals surface area contributed by atoms with Gasteiger partial charge in [0.2, 0.25) is 11.8 Å².